The molecule has 114 valence electrons. The van der Waals surface area contributed by atoms with Crippen LogP contribution in [0.15, 0.2) is 12.3 Å². The lowest BCUT2D eigenvalue weighted by molar-refractivity contribution is -0.385. The molecule has 1 saturated heterocycles. The van der Waals surface area contributed by atoms with Crippen LogP contribution in [0.1, 0.15) is 12.5 Å². The maximum absolute atomic E-state index is 11.0. The highest BCUT2D eigenvalue weighted by Crippen LogP contribution is 2.23. The topological polar surface area (TPSA) is 99.8 Å². The van der Waals surface area contributed by atoms with Crippen molar-refractivity contribution in [1.82, 2.24) is 9.88 Å². The van der Waals surface area contributed by atoms with Crippen LogP contribution in [-0.4, -0.2) is 58.1 Å². The van der Waals surface area contributed by atoms with Gasteiger partial charge >= 0.3 is 5.97 Å². The minimum atomic E-state index is -0.840. The number of nitrogens with zero attached hydrogens (tertiary/aromatic N) is 4. The molecule has 21 heavy (non-hydrogen) atoms. The molecule has 8 nitrogen and oxygen atoms in total. The summed E-state index contributed by atoms with van der Waals surface area (Å²) >= 11 is 0. The second-order valence-corrected chi connectivity index (χ2v) is 5.12. The van der Waals surface area contributed by atoms with Crippen molar-refractivity contribution in [3.8, 4) is 0 Å². The van der Waals surface area contributed by atoms with Crippen molar-refractivity contribution in [2.24, 2.45) is 0 Å². The number of rotatable bonds is 4. The third-order valence-corrected chi connectivity index (χ3v) is 3.80. The molecule has 0 radical (unpaired) electrons. The van der Waals surface area contributed by atoms with Crippen LogP contribution in [0.4, 0.5) is 11.5 Å². The van der Waals surface area contributed by atoms with E-state index in [1.54, 1.807) is 13.8 Å². The SMILES string of the molecule is Cc1cnc(N2CCN(C(C)C(=O)O)CC2)cc1[N+](=O)[O-]. The summed E-state index contributed by atoms with van der Waals surface area (Å²) in [4.78, 5) is 29.6. The normalized spacial score (nSPS) is 17.5. The summed E-state index contributed by atoms with van der Waals surface area (Å²) in [6.45, 7) is 5.71. The summed E-state index contributed by atoms with van der Waals surface area (Å²) in [7, 11) is 0. The first kappa shape index (κ1) is 15.2. The zero-order valence-corrected chi connectivity index (χ0v) is 12.0. The maximum Gasteiger partial charge on any atom is 0.320 e. The summed E-state index contributed by atoms with van der Waals surface area (Å²) in [5, 5.41) is 20.0. The van der Waals surface area contributed by atoms with Crippen LogP contribution < -0.4 is 4.90 Å². The molecular weight excluding hydrogens is 276 g/mol. The second-order valence-electron chi connectivity index (χ2n) is 5.12. The zero-order chi connectivity index (χ0) is 15.6. The molecule has 1 aromatic rings. The molecule has 0 spiro atoms. The summed E-state index contributed by atoms with van der Waals surface area (Å²) in [6.07, 6.45) is 1.50. The molecule has 1 N–H and O–H groups in total. The van der Waals surface area contributed by atoms with Crippen molar-refractivity contribution in [1.29, 1.82) is 0 Å². The van der Waals surface area contributed by atoms with Crippen molar-refractivity contribution in [2.75, 3.05) is 31.1 Å². The van der Waals surface area contributed by atoms with Crippen molar-refractivity contribution < 1.29 is 14.8 Å². The van der Waals surface area contributed by atoms with E-state index in [1.807, 2.05) is 9.80 Å². The minimum Gasteiger partial charge on any atom is -0.480 e. The Kier molecular flexibility index (Phi) is 4.37. The third-order valence-electron chi connectivity index (χ3n) is 3.80. The van der Waals surface area contributed by atoms with Crippen molar-refractivity contribution in [2.45, 2.75) is 19.9 Å². The van der Waals surface area contributed by atoms with E-state index >= 15 is 0 Å². The molecule has 0 saturated carbocycles. The fourth-order valence-electron chi connectivity index (χ4n) is 2.37. The number of aliphatic carboxylic acids is 1. The van der Waals surface area contributed by atoms with Gasteiger partial charge in [-0.2, -0.15) is 0 Å². The fourth-order valence-corrected chi connectivity index (χ4v) is 2.37. The molecule has 0 bridgehead atoms. The maximum atomic E-state index is 11.0. The molecule has 0 amide bonds. The Labute approximate surface area is 122 Å². The number of anilines is 1. The van der Waals surface area contributed by atoms with Gasteiger partial charge in [-0.1, -0.05) is 0 Å². The number of piperazine rings is 1. The molecule has 0 aromatic carbocycles. The summed E-state index contributed by atoms with van der Waals surface area (Å²) in [6, 6.07) is 0.957. The average Bonchev–Trinajstić information content (AvgIpc) is 2.46. The minimum absolute atomic E-state index is 0.0568. The number of nitro groups is 1. The van der Waals surface area contributed by atoms with E-state index in [2.05, 4.69) is 4.98 Å². The van der Waals surface area contributed by atoms with Crippen molar-refractivity contribution in [3.63, 3.8) is 0 Å². The van der Waals surface area contributed by atoms with Crippen LogP contribution in [0, 0.1) is 17.0 Å². The number of carboxylic acid groups (broad SMARTS) is 1. The van der Waals surface area contributed by atoms with Gasteiger partial charge in [0.05, 0.1) is 11.0 Å². The standard InChI is InChI=1S/C13H18N4O4/c1-9-8-14-12(7-11(9)17(20)21)16-5-3-15(4-6-16)10(2)13(18)19/h7-8,10H,3-6H2,1-2H3,(H,18,19). The third kappa shape index (κ3) is 3.27. The van der Waals surface area contributed by atoms with Gasteiger partial charge in [-0.05, 0) is 13.8 Å². The number of aromatic nitrogens is 1. The molecule has 2 rings (SSSR count). The molecule has 0 aliphatic carbocycles. The zero-order valence-electron chi connectivity index (χ0n) is 12.0. The van der Waals surface area contributed by atoms with Gasteiger partial charge in [-0.3, -0.25) is 19.8 Å². The summed E-state index contributed by atoms with van der Waals surface area (Å²) in [5.41, 5.74) is 0.586. The second kappa shape index (κ2) is 6.04. The highest BCUT2D eigenvalue weighted by Gasteiger charge is 2.26. The number of hydrogen-bond donors (Lipinski definition) is 1. The van der Waals surface area contributed by atoms with Gasteiger partial charge in [0.2, 0.25) is 0 Å². The van der Waals surface area contributed by atoms with E-state index in [-0.39, 0.29) is 5.69 Å². The van der Waals surface area contributed by atoms with Crippen LogP contribution in [0.25, 0.3) is 0 Å². The smallest absolute Gasteiger partial charge is 0.320 e. The van der Waals surface area contributed by atoms with Gasteiger partial charge < -0.3 is 10.0 Å². The molecule has 8 heteroatoms. The van der Waals surface area contributed by atoms with Crippen LogP contribution in [0.5, 0.6) is 0 Å². The average molecular weight is 294 g/mol. The van der Waals surface area contributed by atoms with E-state index in [9.17, 15) is 14.9 Å². The van der Waals surface area contributed by atoms with Gasteiger partial charge in [-0.25, -0.2) is 4.98 Å². The van der Waals surface area contributed by atoms with Crippen molar-refractivity contribution >= 4 is 17.5 Å². The molecule has 1 aliphatic heterocycles. The number of carbonyl (C=O) groups is 1. The fraction of sp³-hybridized carbons (Fsp3) is 0.538. The van der Waals surface area contributed by atoms with Crippen LogP contribution in [0.2, 0.25) is 0 Å². The first-order chi connectivity index (χ1) is 9.90. The van der Waals surface area contributed by atoms with Crippen LogP contribution in [-0.2, 0) is 4.79 Å². The predicted molar refractivity (Wildman–Crippen MR) is 76.5 cm³/mol. The Morgan fingerprint density at radius 2 is 2.05 bits per heavy atom. The number of pyridine rings is 1. The Morgan fingerprint density at radius 3 is 2.57 bits per heavy atom. The molecule has 1 atom stereocenters. The summed E-state index contributed by atoms with van der Waals surface area (Å²) in [5.74, 6) is -0.275. The lowest BCUT2D eigenvalue weighted by atomic mass is 10.2. The predicted octanol–water partition coefficient (Wildman–Crippen LogP) is 0.893. The lowest BCUT2D eigenvalue weighted by Gasteiger charge is -2.37. The van der Waals surface area contributed by atoms with Gasteiger partial charge in [0.1, 0.15) is 11.9 Å². The lowest BCUT2D eigenvalue weighted by Crippen LogP contribution is -2.52. The van der Waals surface area contributed by atoms with E-state index in [4.69, 9.17) is 5.11 Å². The largest absolute Gasteiger partial charge is 0.480 e. The molecular formula is C13H18N4O4. The van der Waals surface area contributed by atoms with Crippen LogP contribution in [0.3, 0.4) is 0 Å². The Balaban J connectivity index is 2.07. The molecule has 1 aromatic heterocycles. The molecule has 1 fully saturated rings. The molecule has 2 heterocycles. The van der Waals surface area contributed by atoms with Gasteiger partial charge in [-0.15, -0.1) is 0 Å². The highest BCUT2D eigenvalue weighted by atomic mass is 16.6. The Morgan fingerprint density at radius 1 is 1.43 bits per heavy atom. The monoisotopic (exact) mass is 294 g/mol. The van der Waals surface area contributed by atoms with Gasteiger partial charge in [0.15, 0.2) is 0 Å². The van der Waals surface area contributed by atoms with Gasteiger partial charge in [0, 0.05) is 37.9 Å². The molecule has 1 unspecified atom stereocenters. The van der Waals surface area contributed by atoms with E-state index in [1.165, 1.54) is 12.3 Å². The van der Waals surface area contributed by atoms with E-state index in [0.717, 1.165) is 0 Å². The first-order valence-corrected chi connectivity index (χ1v) is 6.73. The summed E-state index contributed by atoms with van der Waals surface area (Å²) < 4.78 is 0. The van der Waals surface area contributed by atoms with Crippen LogP contribution >= 0.6 is 0 Å². The number of aryl methyl sites for hydroxylation is 1. The quantitative estimate of drug-likeness (QED) is 0.650. The first-order valence-electron chi connectivity index (χ1n) is 6.73. The van der Waals surface area contributed by atoms with Crippen molar-refractivity contribution in [3.05, 3.63) is 27.9 Å². The Hall–Kier alpha value is -2.22. The number of carboxylic acids is 1. The number of hydrogen-bond acceptors (Lipinski definition) is 6. The van der Waals surface area contributed by atoms with Gasteiger partial charge in [0.25, 0.3) is 5.69 Å². The highest BCUT2D eigenvalue weighted by molar-refractivity contribution is 5.72. The van der Waals surface area contributed by atoms with E-state index < -0.39 is 16.9 Å². The van der Waals surface area contributed by atoms with E-state index in [0.29, 0.717) is 37.6 Å². The molecule has 1 aliphatic rings. The Bertz CT molecular complexity index is 555.